The number of carbonyl (C=O) groups excluding carboxylic acids is 2. The molecule has 1 aliphatic heterocycles. The molecule has 28 heavy (non-hydrogen) atoms. The summed E-state index contributed by atoms with van der Waals surface area (Å²) in [6.07, 6.45) is -0.296. The van der Waals surface area contributed by atoms with Crippen molar-refractivity contribution in [2.24, 2.45) is 10.7 Å². The van der Waals surface area contributed by atoms with Gasteiger partial charge in [-0.15, -0.1) is 0 Å². The largest absolute Gasteiger partial charge is 0.444 e. The maximum atomic E-state index is 12.1. The minimum absolute atomic E-state index is 0.0834. The first-order valence-electron chi connectivity index (χ1n) is 9.59. The van der Waals surface area contributed by atoms with E-state index in [4.69, 9.17) is 10.5 Å². The number of rotatable bonds is 4. The second-order valence-corrected chi connectivity index (χ2v) is 7.69. The summed E-state index contributed by atoms with van der Waals surface area (Å²) in [4.78, 5) is 32.0. The van der Waals surface area contributed by atoms with E-state index in [-0.39, 0.29) is 12.0 Å². The molecule has 2 amide bonds. The van der Waals surface area contributed by atoms with Crippen LogP contribution < -0.4 is 11.1 Å². The van der Waals surface area contributed by atoms with E-state index in [0.29, 0.717) is 50.8 Å². The fraction of sp³-hybridized carbons (Fsp3) is 0.550. The fourth-order valence-electron chi connectivity index (χ4n) is 2.74. The predicted octanol–water partition coefficient (Wildman–Crippen LogP) is 1.80. The van der Waals surface area contributed by atoms with Crippen molar-refractivity contribution in [3.8, 4) is 0 Å². The molecule has 0 bridgehead atoms. The smallest absolute Gasteiger partial charge is 0.410 e. The molecule has 0 aliphatic carbocycles. The van der Waals surface area contributed by atoms with E-state index in [0.717, 1.165) is 5.56 Å². The standard InChI is InChI=1S/C20H31N5O3/c1-5-22-17(26)16-8-6-15(7-9-16)14-23-18(21)24-10-12-25(13-11-24)19(27)28-20(2,3)4/h6-9H,5,10-14H2,1-4H3,(H2,21,23)(H,22,26). The van der Waals surface area contributed by atoms with Crippen LogP contribution in [-0.2, 0) is 11.3 Å². The molecule has 1 aromatic rings. The first kappa shape index (κ1) is 21.5. The molecule has 154 valence electrons. The third-order valence-corrected chi connectivity index (χ3v) is 4.23. The van der Waals surface area contributed by atoms with Crippen molar-refractivity contribution < 1.29 is 14.3 Å². The molecular formula is C20H31N5O3. The van der Waals surface area contributed by atoms with Gasteiger partial charge in [0.1, 0.15) is 5.60 Å². The zero-order valence-corrected chi connectivity index (χ0v) is 17.2. The van der Waals surface area contributed by atoms with Gasteiger partial charge in [0, 0.05) is 38.3 Å². The summed E-state index contributed by atoms with van der Waals surface area (Å²) in [5, 5.41) is 2.77. The molecular weight excluding hydrogens is 358 g/mol. The quantitative estimate of drug-likeness (QED) is 0.604. The Morgan fingerprint density at radius 1 is 1.11 bits per heavy atom. The van der Waals surface area contributed by atoms with Gasteiger partial charge in [0.15, 0.2) is 5.96 Å². The number of hydrogen-bond donors (Lipinski definition) is 2. The van der Waals surface area contributed by atoms with Crippen molar-refractivity contribution in [3.63, 3.8) is 0 Å². The van der Waals surface area contributed by atoms with Gasteiger partial charge in [-0.05, 0) is 45.4 Å². The van der Waals surface area contributed by atoms with Crippen molar-refractivity contribution >= 4 is 18.0 Å². The van der Waals surface area contributed by atoms with E-state index in [2.05, 4.69) is 10.3 Å². The lowest BCUT2D eigenvalue weighted by Crippen LogP contribution is -2.53. The lowest BCUT2D eigenvalue weighted by Gasteiger charge is -2.36. The second-order valence-electron chi connectivity index (χ2n) is 7.69. The molecule has 0 spiro atoms. The van der Waals surface area contributed by atoms with Crippen molar-refractivity contribution in [1.29, 1.82) is 0 Å². The van der Waals surface area contributed by atoms with Gasteiger partial charge in [-0.3, -0.25) is 4.79 Å². The summed E-state index contributed by atoms with van der Waals surface area (Å²) in [6.45, 7) is 10.8. The van der Waals surface area contributed by atoms with Gasteiger partial charge < -0.3 is 25.6 Å². The number of aliphatic imine (C=N–C) groups is 1. The zero-order valence-electron chi connectivity index (χ0n) is 17.2. The number of ether oxygens (including phenoxy) is 1. The molecule has 1 heterocycles. The lowest BCUT2D eigenvalue weighted by atomic mass is 10.1. The average Bonchev–Trinajstić information content (AvgIpc) is 2.65. The Balaban J connectivity index is 1.84. The highest BCUT2D eigenvalue weighted by atomic mass is 16.6. The van der Waals surface area contributed by atoms with Crippen LogP contribution in [-0.4, -0.2) is 66.1 Å². The SMILES string of the molecule is CCNC(=O)c1ccc(CN=C(N)N2CCN(C(=O)OC(C)(C)C)CC2)cc1. The number of piperazine rings is 1. The third-order valence-electron chi connectivity index (χ3n) is 4.23. The molecule has 1 aromatic carbocycles. The first-order chi connectivity index (χ1) is 13.2. The Morgan fingerprint density at radius 3 is 2.21 bits per heavy atom. The zero-order chi connectivity index (χ0) is 20.7. The van der Waals surface area contributed by atoms with E-state index < -0.39 is 5.60 Å². The number of hydrogen-bond acceptors (Lipinski definition) is 4. The monoisotopic (exact) mass is 389 g/mol. The van der Waals surface area contributed by atoms with E-state index in [1.165, 1.54) is 0 Å². The van der Waals surface area contributed by atoms with Gasteiger partial charge in [0.05, 0.1) is 6.54 Å². The van der Waals surface area contributed by atoms with Crippen LogP contribution >= 0.6 is 0 Å². The Bertz CT molecular complexity index is 702. The number of nitrogens with one attached hydrogen (secondary N) is 1. The average molecular weight is 390 g/mol. The van der Waals surface area contributed by atoms with Crippen molar-refractivity contribution in [2.45, 2.75) is 39.8 Å². The second kappa shape index (κ2) is 9.43. The van der Waals surface area contributed by atoms with Gasteiger partial charge in [-0.25, -0.2) is 9.79 Å². The summed E-state index contributed by atoms with van der Waals surface area (Å²) < 4.78 is 5.40. The number of nitrogens with zero attached hydrogens (tertiary/aromatic N) is 3. The minimum Gasteiger partial charge on any atom is -0.444 e. The van der Waals surface area contributed by atoms with E-state index >= 15 is 0 Å². The van der Waals surface area contributed by atoms with Crippen LogP contribution in [0.1, 0.15) is 43.6 Å². The molecule has 0 radical (unpaired) electrons. The molecule has 3 N–H and O–H groups in total. The molecule has 0 unspecified atom stereocenters. The number of carbonyl (C=O) groups is 2. The number of nitrogens with two attached hydrogens (primary N) is 1. The molecule has 0 aromatic heterocycles. The molecule has 8 nitrogen and oxygen atoms in total. The predicted molar refractivity (Wildman–Crippen MR) is 109 cm³/mol. The number of guanidine groups is 1. The molecule has 0 atom stereocenters. The van der Waals surface area contributed by atoms with Gasteiger partial charge in [0.25, 0.3) is 5.91 Å². The van der Waals surface area contributed by atoms with E-state index in [9.17, 15) is 9.59 Å². The van der Waals surface area contributed by atoms with Crippen molar-refractivity contribution in [1.82, 2.24) is 15.1 Å². The van der Waals surface area contributed by atoms with Crippen LogP contribution in [0.15, 0.2) is 29.3 Å². The highest BCUT2D eigenvalue weighted by Crippen LogP contribution is 2.12. The maximum absolute atomic E-state index is 12.1. The van der Waals surface area contributed by atoms with Gasteiger partial charge in [0.2, 0.25) is 0 Å². The van der Waals surface area contributed by atoms with Crippen molar-refractivity contribution in [3.05, 3.63) is 35.4 Å². The molecule has 2 rings (SSSR count). The Morgan fingerprint density at radius 2 is 1.68 bits per heavy atom. The Hall–Kier alpha value is -2.77. The van der Waals surface area contributed by atoms with Crippen molar-refractivity contribution in [2.75, 3.05) is 32.7 Å². The fourth-order valence-corrected chi connectivity index (χ4v) is 2.74. The summed E-state index contributed by atoms with van der Waals surface area (Å²) in [6, 6.07) is 7.32. The maximum Gasteiger partial charge on any atom is 0.410 e. The van der Waals surface area contributed by atoms with Gasteiger partial charge >= 0.3 is 6.09 Å². The molecule has 8 heteroatoms. The topological polar surface area (TPSA) is 100 Å². The van der Waals surface area contributed by atoms with Crippen LogP contribution in [0.2, 0.25) is 0 Å². The van der Waals surface area contributed by atoms with Crippen LogP contribution in [0.5, 0.6) is 0 Å². The van der Waals surface area contributed by atoms with E-state index in [1.54, 1.807) is 17.0 Å². The third kappa shape index (κ3) is 6.44. The van der Waals surface area contributed by atoms with Crippen LogP contribution in [0.3, 0.4) is 0 Å². The van der Waals surface area contributed by atoms with Crippen LogP contribution in [0.25, 0.3) is 0 Å². The van der Waals surface area contributed by atoms with Crippen LogP contribution in [0, 0.1) is 0 Å². The van der Waals surface area contributed by atoms with Gasteiger partial charge in [-0.1, -0.05) is 12.1 Å². The summed E-state index contributed by atoms with van der Waals surface area (Å²) in [5.74, 6) is 0.372. The molecule has 0 saturated carbocycles. The Labute approximate surface area is 166 Å². The number of benzene rings is 1. The van der Waals surface area contributed by atoms with E-state index in [1.807, 2.05) is 44.7 Å². The van der Waals surface area contributed by atoms with Gasteiger partial charge in [-0.2, -0.15) is 0 Å². The Kier molecular flexibility index (Phi) is 7.25. The number of amides is 2. The summed E-state index contributed by atoms with van der Waals surface area (Å²) in [7, 11) is 0. The highest BCUT2D eigenvalue weighted by molar-refractivity contribution is 5.94. The first-order valence-corrected chi connectivity index (χ1v) is 9.59. The lowest BCUT2D eigenvalue weighted by molar-refractivity contribution is 0.0186. The minimum atomic E-state index is -0.499. The normalized spacial score (nSPS) is 15.4. The summed E-state index contributed by atoms with van der Waals surface area (Å²) >= 11 is 0. The van der Waals surface area contributed by atoms with Crippen LogP contribution in [0.4, 0.5) is 4.79 Å². The highest BCUT2D eigenvalue weighted by Gasteiger charge is 2.26. The molecule has 1 saturated heterocycles. The molecule has 1 aliphatic rings. The molecule has 1 fully saturated rings. The summed E-state index contributed by atoms with van der Waals surface area (Å²) in [5.41, 5.74) is 7.22.